The minimum absolute atomic E-state index is 0.0634. The Labute approximate surface area is 187 Å². The zero-order chi connectivity index (χ0) is 23.8. The molecule has 0 spiro atoms. The van der Waals surface area contributed by atoms with Crippen LogP contribution in [0.2, 0.25) is 0 Å². The Morgan fingerprint density at radius 2 is 1.53 bits per heavy atom. The molecule has 0 aliphatic rings. The van der Waals surface area contributed by atoms with Gasteiger partial charge in [0, 0.05) is 7.05 Å². The molecule has 0 bridgehead atoms. The summed E-state index contributed by atoms with van der Waals surface area (Å²) in [5.74, 6) is -3.14. The van der Waals surface area contributed by atoms with E-state index in [9.17, 15) is 24.0 Å². The Morgan fingerprint density at radius 3 is 2.06 bits per heavy atom. The molecule has 0 saturated heterocycles. The number of carbonyl (C=O) groups excluding carboxylic acids is 5. The van der Waals surface area contributed by atoms with E-state index in [1.54, 1.807) is 13.8 Å². The number of ether oxygens (including phenoxy) is 3. The van der Waals surface area contributed by atoms with E-state index in [0.29, 0.717) is 5.56 Å². The van der Waals surface area contributed by atoms with Gasteiger partial charge in [0.1, 0.15) is 5.00 Å². The van der Waals surface area contributed by atoms with Gasteiger partial charge in [0.05, 0.1) is 35.3 Å². The molecular weight excluding hydrogens is 440 g/mol. The highest BCUT2D eigenvalue weighted by Crippen LogP contribution is 2.33. The van der Waals surface area contributed by atoms with Crippen LogP contribution in [-0.4, -0.2) is 57.1 Å². The normalized spacial score (nSPS) is 10.1. The molecule has 0 atom stereocenters. The summed E-state index contributed by atoms with van der Waals surface area (Å²) in [4.78, 5) is 60.5. The predicted octanol–water partition coefficient (Wildman–Crippen LogP) is 2.17. The van der Waals surface area contributed by atoms with Crippen LogP contribution in [0.1, 0.15) is 53.2 Å². The molecular formula is C21H22N2O8S. The first kappa shape index (κ1) is 24.5. The van der Waals surface area contributed by atoms with Gasteiger partial charge in [-0.25, -0.2) is 14.4 Å². The first-order valence-corrected chi connectivity index (χ1v) is 10.2. The molecule has 0 unspecified atom stereocenters. The van der Waals surface area contributed by atoms with Crippen LogP contribution in [0, 0.1) is 6.92 Å². The number of rotatable bonds is 8. The smallest absolute Gasteiger partial charge is 0.341 e. The Hall–Kier alpha value is -3.73. The lowest BCUT2D eigenvalue weighted by Gasteiger charge is -2.08. The molecule has 0 saturated carbocycles. The van der Waals surface area contributed by atoms with Crippen molar-refractivity contribution in [2.45, 2.75) is 13.8 Å². The van der Waals surface area contributed by atoms with Crippen LogP contribution in [0.15, 0.2) is 24.3 Å². The summed E-state index contributed by atoms with van der Waals surface area (Å²) >= 11 is 0.909. The number of amides is 2. The molecule has 0 aliphatic carbocycles. The molecule has 170 valence electrons. The standard InChI is InChI=1S/C21H22N2O8S/c1-5-30-21(28)15-11(2)16(17(25)22-3)32-18(15)23-14(24)10-31-20(27)13-8-6-12(7-9-13)19(26)29-4/h6-9H,5,10H2,1-4H3,(H,22,25)(H,23,24). The van der Waals surface area contributed by atoms with Gasteiger partial charge >= 0.3 is 17.9 Å². The number of methoxy groups -OCH3 is 1. The SMILES string of the molecule is CCOC(=O)c1c(NC(=O)COC(=O)c2ccc(C(=O)OC)cc2)sc(C(=O)NC)c1C. The van der Waals surface area contributed by atoms with Crippen molar-refractivity contribution in [3.63, 3.8) is 0 Å². The van der Waals surface area contributed by atoms with Crippen molar-refractivity contribution in [2.75, 3.05) is 32.7 Å². The number of benzene rings is 1. The highest BCUT2D eigenvalue weighted by atomic mass is 32.1. The summed E-state index contributed by atoms with van der Waals surface area (Å²) in [5.41, 5.74) is 0.819. The topological polar surface area (TPSA) is 137 Å². The molecule has 11 heteroatoms. The van der Waals surface area contributed by atoms with Gasteiger partial charge in [-0.3, -0.25) is 9.59 Å². The van der Waals surface area contributed by atoms with E-state index >= 15 is 0 Å². The maximum Gasteiger partial charge on any atom is 0.341 e. The Bertz CT molecular complexity index is 1040. The van der Waals surface area contributed by atoms with Gasteiger partial charge in [-0.05, 0) is 43.7 Å². The molecule has 0 radical (unpaired) electrons. The van der Waals surface area contributed by atoms with Crippen LogP contribution in [0.25, 0.3) is 0 Å². The van der Waals surface area contributed by atoms with Gasteiger partial charge in [-0.15, -0.1) is 11.3 Å². The number of esters is 3. The van der Waals surface area contributed by atoms with Crippen molar-refractivity contribution in [2.24, 2.45) is 0 Å². The molecule has 0 fully saturated rings. The largest absolute Gasteiger partial charge is 0.465 e. The van der Waals surface area contributed by atoms with E-state index in [4.69, 9.17) is 9.47 Å². The van der Waals surface area contributed by atoms with E-state index in [0.717, 1.165) is 11.3 Å². The molecule has 2 N–H and O–H groups in total. The third-order valence-electron chi connectivity index (χ3n) is 4.19. The summed E-state index contributed by atoms with van der Waals surface area (Å²) in [6.45, 7) is 2.69. The minimum Gasteiger partial charge on any atom is -0.465 e. The molecule has 10 nitrogen and oxygen atoms in total. The Morgan fingerprint density at radius 1 is 0.938 bits per heavy atom. The first-order chi connectivity index (χ1) is 15.2. The van der Waals surface area contributed by atoms with E-state index < -0.39 is 36.3 Å². The van der Waals surface area contributed by atoms with Crippen molar-refractivity contribution < 1.29 is 38.2 Å². The molecule has 1 aromatic heterocycles. The van der Waals surface area contributed by atoms with Crippen molar-refractivity contribution in [3.8, 4) is 0 Å². The first-order valence-electron chi connectivity index (χ1n) is 9.41. The van der Waals surface area contributed by atoms with E-state index in [1.165, 1.54) is 38.4 Å². The minimum atomic E-state index is -0.782. The van der Waals surface area contributed by atoms with Crippen molar-refractivity contribution in [3.05, 3.63) is 51.4 Å². The second kappa shape index (κ2) is 11.0. The predicted molar refractivity (Wildman–Crippen MR) is 115 cm³/mol. The number of nitrogens with one attached hydrogen (secondary N) is 2. The number of thiophene rings is 1. The van der Waals surface area contributed by atoms with Crippen molar-refractivity contribution in [1.29, 1.82) is 0 Å². The van der Waals surface area contributed by atoms with Crippen LogP contribution >= 0.6 is 11.3 Å². The van der Waals surface area contributed by atoms with Gasteiger partial charge in [-0.1, -0.05) is 0 Å². The molecule has 2 aromatic rings. The van der Waals surface area contributed by atoms with Gasteiger partial charge in [0.15, 0.2) is 6.61 Å². The molecule has 2 amide bonds. The number of carbonyl (C=O) groups is 5. The lowest BCUT2D eigenvalue weighted by atomic mass is 10.1. The molecule has 2 rings (SSSR count). The lowest BCUT2D eigenvalue weighted by Crippen LogP contribution is -2.21. The van der Waals surface area contributed by atoms with Crippen LogP contribution < -0.4 is 10.6 Å². The zero-order valence-electron chi connectivity index (χ0n) is 17.9. The van der Waals surface area contributed by atoms with E-state index in [1.807, 2.05) is 0 Å². The fourth-order valence-electron chi connectivity index (χ4n) is 2.62. The van der Waals surface area contributed by atoms with E-state index in [2.05, 4.69) is 15.4 Å². The quantitative estimate of drug-likeness (QED) is 0.450. The highest BCUT2D eigenvalue weighted by Gasteiger charge is 2.26. The fraction of sp³-hybridized carbons (Fsp3) is 0.286. The second-order valence-electron chi connectivity index (χ2n) is 6.25. The highest BCUT2D eigenvalue weighted by molar-refractivity contribution is 7.18. The Kier molecular flexibility index (Phi) is 8.47. The summed E-state index contributed by atoms with van der Waals surface area (Å²) in [7, 11) is 2.68. The van der Waals surface area contributed by atoms with Crippen LogP contribution in [-0.2, 0) is 19.0 Å². The third-order valence-corrected chi connectivity index (χ3v) is 5.39. The fourth-order valence-corrected chi connectivity index (χ4v) is 3.78. The van der Waals surface area contributed by atoms with Gasteiger partial charge in [0.2, 0.25) is 0 Å². The van der Waals surface area contributed by atoms with Crippen LogP contribution in [0.3, 0.4) is 0 Å². The monoisotopic (exact) mass is 462 g/mol. The van der Waals surface area contributed by atoms with E-state index in [-0.39, 0.29) is 33.2 Å². The average molecular weight is 462 g/mol. The maximum atomic E-state index is 12.3. The summed E-state index contributed by atoms with van der Waals surface area (Å²) < 4.78 is 14.6. The molecule has 0 aliphatic heterocycles. The maximum absolute atomic E-state index is 12.3. The zero-order valence-corrected chi connectivity index (χ0v) is 18.7. The van der Waals surface area contributed by atoms with Crippen molar-refractivity contribution >= 4 is 46.1 Å². The Balaban J connectivity index is 2.10. The van der Waals surface area contributed by atoms with Gasteiger partial charge in [0.25, 0.3) is 11.8 Å². The summed E-state index contributed by atoms with van der Waals surface area (Å²) in [6.07, 6.45) is 0. The van der Waals surface area contributed by atoms with Gasteiger partial charge in [-0.2, -0.15) is 0 Å². The number of anilines is 1. The second-order valence-corrected chi connectivity index (χ2v) is 7.27. The number of hydrogen-bond donors (Lipinski definition) is 2. The molecule has 1 heterocycles. The van der Waals surface area contributed by atoms with Crippen molar-refractivity contribution in [1.82, 2.24) is 5.32 Å². The molecule has 32 heavy (non-hydrogen) atoms. The average Bonchev–Trinajstić information content (AvgIpc) is 3.12. The third kappa shape index (κ3) is 5.70. The van der Waals surface area contributed by atoms with Crippen LogP contribution in [0.4, 0.5) is 5.00 Å². The summed E-state index contributed by atoms with van der Waals surface area (Å²) in [5, 5.41) is 5.07. The van der Waals surface area contributed by atoms with Gasteiger partial charge < -0.3 is 24.8 Å². The number of hydrogen-bond acceptors (Lipinski definition) is 9. The van der Waals surface area contributed by atoms with Crippen LogP contribution in [0.5, 0.6) is 0 Å². The lowest BCUT2D eigenvalue weighted by molar-refractivity contribution is -0.119. The molecule has 1 aromatic carbocycles. The summed E-state index contributed by atoms with van der Waals surface area (Å²) in [6, 6.07) is 5.51.